The molecule has 0 aromatic rings. The SMILES string of the molecule is C=C(C)C(=O)O.C=CC(=O)OCC(O)CN(C)C. The summed E-state index contributed by atoms with van der Waals surface area (Å²) in [7, 11) is 3.66. The molecule has 0 saturated carbocycles. The van der Waals surface area contributed by atoms with E-state index in [1.807, 2.05) is 19.0 Å². The van der Waals surface area contributed by atoms with Gasteiger partial charge in [-0.1, -0.05) is 13.2 Å². The Bertz CT molecular complexity index is 287. The molecule has 0 heterocycles. The Balaban J connectivity index is 0. The Morgan fingerprint density at radius 1 is 1.44 bits per heavy atom. The summed E-state index contributed by atoms with van der Waals surface area (Å²) in [4.78, 5) is 21.9. The predicted octanol–water partition coefficient (Wildman–Crippen LogP) is 0.285. The molecule has 0 aromatic carbocycles. The molecule has 1 atom stereocenters. The van der Waals surface area contributed by atoms with E-state index in [9.17, 15) is 14.7 Å². The van der Waals surface area contributed by atoms with E-state index in [-0.39, 0.29) is 12.2 Å². The number of aliphatic carboxylic acids is 1. The van der Waals surface area contributed by atoms with Gasteiger partial charge in [-0.2, -0.15) is 0 Å². The zero-order valence-corrected chi connectivity index (χ0v) is 11.0. The van der Waals surface area contributed by atoms with Gasteiger partial charge in [0, 0.05) is 18.2 Å². The Labute approximate surface area is 107 Å². The lowest BCUT2D eigenvalue weighted by molar-refractivity contribution is -0.140. The van der Waals surface area contributed by atoms with Crippen LogP contribution in [0.25, 0.3) is 0 Å². The molecule has 18 heavy (non-hydrogen) atoms. The third-order valence-electron chi connectivity index (χ3n) is 1.53. The minimum atomic E-state index is -0.935. The van der Waals surface area contributed by atoms with Crippen LogP contribution in [0.4, 0.5) is 0 Å². The highest BCUT2D eigenvalue weighted by Gasteiger charge is 2.07. The van der Waals surface area contributed by atoms with E-state index in [0.717, 1.165) is 6.08 Å². The van der Waals surface area contributed by atoms with Gasteiger partial charge in [0.25, 0.3) is 0 Å². The molecule has 0 aliphatic rings. The van der Waals surface area contributed by atoms with Crippen molar-refractivity contribution in [2.24, 2.45) is 0 Å². The first-order valence-electron chi connectivity index (χ1n) is 5.21. The maximum Gasteiger partial charge on any atom is 0.330 e. The molecule has 1 unspecified atom stereocenters. The topological polar surface area (TPSA) is 87.1 Å². The zero-order chi connectivity index (χ0) is 14.7. The van der Waals surface area contributed by atoms with Gasteiger partial charge in [-0.25, -0.2) is 9.59 Å². The lowest BCUT2D eigenvalue weighted by Gasteiger charge is -2.15. The van der Waals surface area contributed by atoms with Crippen LogP contribution in [0, 0.1) is 0 Å². The standard InChI is InChI=1S/C8H15NO3.C4H6O2/c1-4-8(11)12-6-7(10)5-9(2)3;1-3(2)4(5)6/h4,7,10H,1,5-6H2,2-3H3;1H2,2H3,(H,5,6). The molecule has 0 spiro atoms. The Morgan fingerprint density at radius 3 is 2.17 bits per heavy atom. The first-order chi connectivity index (χ1) is 8.20. The van der Waals surface area contributed by atoms with Gasteiger partial charge in [0.15, 0.2) is 0 Å². The van der Waals surface area contributed by atoms with Gasteiger partial charge in [0.2, 0.25) is 0 Å². The number of aliphatic hydroxyl groups excluding tert-OH is 1. The van der Waals surface area contributed by atoms with E-state index < -0.39 is 18.0 Å². The average Bonchev–Trinajstić information content (AvgIpc) is 2.25. The highest BCUT2D eigenvalue weighted by atomic mass is 16.5. The fourth-order valence-electron chi connectivity index (χ4n) is 0.711. The van der Waals surface area contributed by atoms with E-state index >= 15 is 0 Å². The van der Waals surface area contributed by atoms with Crippen molar-refractivity contribution >= 4 is 11.9 Å². The normalized spacial score (nSPS) is 10.9. The van der Waals surface area contributed by atoms with Crippen LogP contribution in [0.2, 0.25) is 0 Å². The Morgan fingerprint density at radius 2 is 1.89 bits per heavy atom. The highest BCUT2D eigenvalue weighted by molar-refractivity contribution is 5.84. The maximum absolute atomic E-state index is 10.5. The number of rotatable bonds is 6. The summed E-state index contributed by atoms with van der Waals surface area (Å²) in [5, 5.41) is 17.1. The van der Waals surface area contributed by atoms with Crippen LogP contribution in [0.1, 0.15) is 6.92 Å². The number of hydrogen-bond donors (Lipinski definition) is 2. The highest BCUT2D eigenvalue weighted by Crippen LogP contribution is 1.89. The second kappa shape index (κ2) is 10.5. The number of carboxylic acid groups (broad SMARTS) is 1. The second-order valence-electron chi connectivity index (χ2n) is 3.84. The van der Waals surface area contributed by atoms with Gasteiger partial charge in [0.05, 0.1) is 0 Å². The predicted molar refractivity (Wildman–Crippen MR) is 68.2 cm³/mol. The van der Waals surface area contributed by atoms with Crippen LogP contribution in [0.5, 0.6) is 0 Å². The van der Waals surface area contributed by atoms with Crippen LogP contribution in [0.15, 0.2) is 24.8 Å². The fourth-order valence-corrected chi connectivity index (χ4v) is 0.711. The van der Waals surface area contributed by atoms with Crippen molar-refractivity contribution in [1.82, 2.24) is 4.90 Å². The molecule has 0 rings (SSSR count). The van der Waals surface area contributed by atoms with Gasteiger partial charge < -0.3 is 19.8 Å². The third-order valence-corrected chi connectivity index (χ3v) is 1.53. The largest absolute Gasteiger partial charge is 0.478 e. The first kappa shape index (κ1) is 18.7. The molecule has 0 aromatic heterocycles. The number of ether oxygens (including phenoxy) is 1. The van der Waals surface area contributed by atoms with Crippen molar-refractivity contribution in [2.75, 3.05) is 27.2 Å². The molecular weight excluding hydrogens is 238 g/mol. The number of nitrogens with zero attached hydrogens (tertiary/aromatic N) is 1. The first-order valence-corrected chi connectivity index (χ1v) is 5.21. The molecule has 0 radical (unpaired) electrons. The minimum absolute atomic E-state index is 0.0169. The van der Waals surface area contributed by atoms with Crippen molar-refractivity contribution in [3.8, 4) is 0 Å². The summed E-state index contributed by atoms with van der Waals surface area (Å²) in [6.07, 6.45) is 0.437. The minimum Gasteiger partial charge on any atom is -0.478 e. The second-order valence-corrected chi connectivity index (χ2v) is 3.84. The summed E-state index contributed by atoms with van der Waals surface area (Å²) in [5.41, 5.74) is 0.176. The van der Waals surface area contributed by atoms with Crippen molar-refractivity contribution < 1.29 is 24.5 Å². The molecule has 0 aliphatic carbocycles. The molecular formula is C12H21NO5. The van der Waals surface area contributed by atoms with Crippen LogP contribution in [0.3, 0.4) is 0 Å². The molecule has 0 aliphatic heterocycles. The molecule has 2 N–H and O–H groups in total. The van der Waals surface area contributed by atoms with Crippen LogP contribution in [-0.4, -0.2) is 60.4 Å². The third kappa shape index (κ3) is 14.3. The van der Waals surface area contributed by atoms with Gasteiger partial charge in [-0.3, -0.25) is 0 Å². The summed E-state index contributed by atoms with van der Waals surface area (Å²) in [6, 6.07) is 0. The molecule has 0 amide bonds. The van der Waals surface area contributed by atoms with Crippen molar-refractivity contribution in [1.29, 1.82) is 0 Å². The molecule has 104 valence electrons. The van der Waals surface area contributed by atoms with Crippen LogP contribution >= 0.6 is 0 Å². The van der Waals surface area contributed by atoms with E-state index in [1.165, 1.54) is 6.92 Å². The fraction of sp³-hybridized carbons (Fsp3) is 0.500. The summed E-state index contributed by atoms with van der Waals surface area (Å²) in [5.74, 6) is -1.44. The lowest BCUT2D eigenvalue weighted by Crippen LogP contribution is -2.30. The smallest absolute Gasteiger partial charge is 0.330 e. The molecule has 0 saturated heterocycles. The van der Waals surface area contributed by atoms with Crippen LogP contribution < -0.4 is 0 Å². The number of aliphatic hydroxyl groups is 1. The number of likely N-dealkylation sites (N-methyl/N-ethyl adjacent to an activating group) is 1. The average molecular weight is 259 g/mol. The molecule has 0 bridgehead atoms. The van der Waals surface area contributed by atoms with Crippen molar-refractivity contribution in [2.45, 2.75) is 13.0 Å². The number of carbonyl (C=O) groups is 2. The Hall–Kier alpha value is -1.66. The lowest BCUT2D eigenvalue weighted by atomic mass is 10.3. The Kier molecular flexibility index (Phi) is 10.9. The molecule has 6 heteroatoms. The molecule has 6 nitrogen and oxygen atoms in total. The summed E-state index contributed by atoms with van der Waals surface area (Å²) < 4.78 is 4.62. The van der Waals surface area contributed by atoms with E-state index in [1.54, 1.807) is 0 Å². The summed E-state index contributed by atoms with van der Waals surface area (Å²) >= 11 is 0. The van der Waals surface area contributed by atoms with E-state index in [2.05, 4.69) is 17.9 Å². The van der Waals surface area contributed by atoms with Crippen molar-refractivity contribution in [3.63, 3.8) is 0 Å². The van der Waals surface area contributed by atoms with Crippen LogP contribution in [-0.2, 0) is 14.3 Å². The van der Waals surface area contributed by atoms with Crippen molar-refractivity contribution in [3.05, 3.63) is 24.8 Å². The van der Waals surface area contributed by atoms with E-state index in [4.69, 9.17) is 5.11 Å². The monoisotopic (exact) mass is 259 g/mol. The van der Waals surface area contributed by atoms with Gasteiger partial charge >= 0.3 is 11.9 Å². The molecule has 0 fully saturated rings. The summed E-state index contributed by atoms with van der Waals surface area (Å²) in [6.45, 7) is 8.33. The number of hydrogen-bond acceptors (Lipinski definition) is 5. The number of carbonyl (C=O) groups excluding carboxylic acids is 1. The van der Waals surface area contributed by atoms with Gasteiger partial charge in [-0.15, -0.1) is 0 Å². The quantitative estimate of drug-likeness (QED) is 0.526. The number of esters is 1. The van der Waals surface area contributed by atoms with E-state index in [0.29, 0.717) is 6.54 Å². The van der Waals surface area contributed by atoms with Gasteiger partial charge in [-0.05, 0) is 21.0 Å². The number of carboxylic acids is 1. The van der Waals surface area contributed by atoms with Gasteiger partial charge in [0.1, 0.15) is 12.7 Å². The maximum atomic E-state index is 10.5. The zero-order valence-electron chi connectivity index (χ0n) is 11.0.